The number of hydrogen-bond donors (Lipinski definition) is 0. The van der Waals surface area contributed by atoms with Gasteiger partial charge in [-0.05, 0) is 67.8 Å². The average Bonchev–Trinajstić information content (AvgIpc) is 2.80. The van der Waals surface area contributed by atoms with Crippen LogP contribution in [0.2, 0.25) is 0 Å². The lowest BCUT2D eigenvalue weighted by atomic mass is 9.95. The van der Waals surface area contributed by atoms with Gasteiger partial charge in [-0.1, -0.05) is 42.0 Å². The van der Waals surface area contributed by atoms with Crippen LogP contribution in [-0.2, 0) is 16.4 Å². The fourth-order valence-corrected chi connectivity index (χ4v) is 5.55. The van der Waals surface area contributed by atoms with E-state index in [2.05, 4.69) is 0 Å². The van der Waals surface area contributed by atoms with Gasteiger partial charge in [0.15, 0.2) is 0 Å². The fraction of sp³-hybridized carbons (Fsp3) is 0.240. The number of anilines is 1. The standard InChI is InChI=1S/C25H26N2O4S/c1-18-9-13-23(14-10-18)32(29,30)27-16-15-20-11-12-22(17-24(20)19(27)2)31-25(28)26(3)21-7-5-4-6-8-21/h4-14,17,19H,15-16H2,1-3H3. The Balaban J connectivity index is 1.57. The molecule has 3 aromatic rings. The number of sulfonamides is 1. The van der Waals surface area contributed by atoms with E-state index in [1.54, 1.807) is 43.4 Å². The predicted molar refractivity (Wildman–Crippen MR) is 125 cm³/mol. The molecule has 4 rings (SSSR count). The van der Waals surface area contributed by atoms with Crippen LogP contribution in [0, 0.1) is 6.92 Å². The summed E-state index contributed by atoms with van der Waals surface area (Å²) in [5.41, 5.74) is 3.63. The molecular weight excluding hydrogens is 424 g/mol. The summed E-state index contributed by atoms with van der Waals surface area (Å²) in [4.78, 5) is 14.3. The minimum Gasteiger partial charge on any atom is -0.410 e. The van der Waals surface area contributed by atoms with Crippen molar-refractivity contribution in [3.63, 3.8) is 0 Å². The average molecular weight is 451 g/mol. The van der Waals surface area contributed by atoms with Gasteiger partial charge in [0.05, 0.1) is 4.90 Å². The molecule has 0 bridgehead atoms. The number of rotatable bonds is 4. The van der Waals surface area contributed by atoms with Crippen LogP contribution >= 0.6 is 0 Å². The highest BCUT2D eigenvalue weighted by atomic mass is 32.2. The van der Waals surface area contributed by atoms with Crippen molar-refractivity contribution in [3.05, 3.63) is 89.5 Å². The van der Waals surface area contributed by atoms with Crippen LogP contribution in [0.3, 0.4) is 0 Å². The number of amides is 1. The van der Waals surface area contributed by atoms with Crippen molar-refractivity contribution in [3.8, 4) is 5.75 Å². The Morgan fingerprint density at radius 1 is 1.03 bits per heavy atom. The van der Waals surface area contributed by atoms with Crippen molar-refractivity contribution in [1.29, 1.82) is 0 Å². The first-order valence-electron chi connectivity index (χ1n) is 10.5. The van der Waals surface area contributed by atoms with E-state index < -0.39 is 16.1 Å². The van der Waals surface area contributed by atoms with Crippen molar-refractivity contribution in [2.45, 2.75) is 31.2 Å². The number of benzene rings is 3. The number of nitrogens with zero attached hydrogens (tertiary/aromatic N) is 2. The summed E-state index contributed by atoms with van der Waals surface area (Å²) in [6.07, 6.45) is 0.0897. The van der Waals surface area contributed by atoms with Crippen LogP contribution in [0.15, 0.2) is 77.7 Å². The molecule has 6 nitrogen and oxygen atoms in total. The molecule has 1 aliphatic rings. The van der Waals surface area contributed by atoms with E-state index in [1.807, 2.05) is 50.2 Å². The van der Waals surface area contributed by atoms with E-state index in [1.165, 1.54) is 9.21 Å². The van der Waals surface area contributed by atoms with Crippen LogP contribution in [0.25, 0.3) is 0 Å². The van der Waals surface area contributed by atoms with Crippen LogP contribution in [-0.4, -0.2) is 32.4 Å². The van der Waals surface area contributed by atoms with Crippen LogP contribution in [0.4, 0.5) is 10.5 Å². The smallest absolute Gasteiger partial charge is 0.410 e. The molecule has 1 amide bonds. The molecule has 0 aromatic heterocycles. The lowest BCUT2D eigenvalue weighted by Crippen LogP contribution is -2.38. The van der Waals surface area contributed by atoms with Crippen molar-refractivity contribution in [2.75, 3.05) is 18.5 Å². The molecule has 0 radical (unpaired) electrons. The highest BCUT2D eigenvalue weighted by Gasteiger charge is 2.34. The Hall–Kier alpha value is -3.16. The summed E-state index contributed by atoms with van der Waals surface area (Å²) in [6.45, 7) is 4.19. The van der Waals surface area contributed by atoms with Gasteiger partial charge in [-0.2, -0.15) is 4.31 Å². The van der Waals surface area contributed by atoms with E-state index in [9.17, 15) is 13.2 Å². The molecule has 0 aliphatic carbocycles. The second kappa shape index (κ2) is 8.76. The zero-order chi connectivity index (χ0) is 22.9. The number of ether oxygens (including phenoxy) is 1. The summed E-state index contributed by atoms with van der Waals surface area (Å²) in [6, 6.07) is 21.2. The molecule has 32 heavy (non-hydrogen) atoms. The maximum absolute atomic E-state index is 13.3. The topological polar surface area (TPSA) is 66.9 Å². The first-order chi connectivity index (χ1) is 15.3. The van der Waals surface area contributed by atoms with Crippen molar-refractivity contribution in [2.24, 2.45) is 0 Å². The van der Waals surface area contributed by atoms with E-state index in [0.717, 1.165) is 22.4 Å². The van der Waals surface area contributed by atoms with Gasteiger partial charge in [-0.15, -0.1) is 0 Å². The van der Waals surface area contributed by atoms with Crippen molar-refractivity contribution >= 4 is 21.8 Å². The molecule has 0 saturated heterocycles. The van der Waals surface area contributed by atoms with Crippen LogP contribution in [0.1, 0.15) is 29.7 Å². The second-order valence-corrected chi connectivity index (χ2v) is 9.87. The minimum atomic E-state index is -3.64. The van der Waals surface area contributed by atoms with Gasteiger partial charge in [-0.3, -0.25) is 4.90 Å². The molecule has 1 unspecified atom stereocenters. The summed E-state index contributed by atoms with van der Waals surface area (Å²) in [5.74, 6) is 0.387. The summed E-state index contributed by atoms with van der Waals surface area (Å²) < 4.78 is 33.6. The number of hydrogen-bond acceptors (Lipinski definition) is 4. The fourth-order valence-electron chi connectivity index (χ4n) is 3.93. The van der Waals surface area contributed by atoms with E-state index >= 15 is 0 Å². The maximum Gasteiger partial charge on any atom is 0.419 e. The van der Waals surface area contributed by atoms with E-state index in [-0.39, 0.29) is 10.9 Å². The van der Waals surface area contributed by atoms with E-state index in [4.69, 9.17) is 4.74 Å². The zero-order valence-electron chi connectivity index (χ0n) is 18.4. The van der Waals surface area contributed by atoms with Gasteiger partial charge in [-0.25, -0.2) is 13.2 Å². The molecule has 1 atom stereocenters. The number of aryl methyl sites for hydroxylation is 1. The normalized spacial score (nSPS) is 16.3. The zero-order valence-corrected chi connectivity index (χ0v) is 19.2. The highest BCUT2D eigenvalue weighted by molar-refractivity contribution is 7.89. The van der Waals surface area contributed by atoms with Crippen molar-refractivity contribution < 1.29 is 17.9 Å². The van der Waals surface area contributed by atoms with Crippen LogP contribution in [0.5, 0.6) is 5.75 Å². The summed E-state index contributed by atoms with van der Waals surface area (Å²) in [7, 11) is -1.99. The number of fused-ring (bicyclic) bond motifs is 1. The Kier molecular flexibility index (Phi) is 6.04. The largest absolute Gasteiger partial charge is 0.419 e. The third kappa shape index (κ3) is 4.26. The number of carbonyl (C=O) groups excluding carboxylic acids is 1. The first-order valence-corrected chi connectivity index (χ1v) is 11.9. The third-order valence-electron chi connectivity index (χ3n) is 5.85. The Morgan fingerprint density at radius 3 is 2.41 bits per heavy atom. The lowest BCUT2D eigenvalue weighted by Gasteiger charge is -2.34. The molecule has 1 heterocycles. The quantitative estimate of drug-likeness (QED) is 0.565. The maximum atomic E-state index is 13.3. The van der Waals surface area contributed by atoms with Gasteiger partial charge < -0.3 is 4.74 Å². The third-order valence-corrected chi connectivity index (χ3v) is 7.84. The first kappa shape index (κ1) is 22.0. The lowest BCUT2D eigenvalue weighted by molar-refractivity contribution is 0.209. The summed E-state index contributed by atoms with van der Waals surface area (Å²) in [5, 5.41) is 0. The second-order valence-electron chi connectivity index (χ2n) is 7.98. The highest BCUT2D eigenvalue weighted by Crippen LogP contribution is 2.36. The molecule has 3 aromatic carbocycles. The molecule has 0 N–H and O–H groups in total. The van der Waals surface area contributed by atoms with Gasteiger partial charge in [0.25, 0.3) is 0 Å². The van der Waals surface area contributed by atoms with E-state index in [0.29, 0.717) is 18.7 Å². The molecule has 1 aliphatic heterocycles. The molecule has 7 heteroatoms. The Morgan fingerprint density at radius 2 is 1.72 bits per heavy atom. The van der Waals surface area contributed by atoms with Gasteiger partial charge in [0.2, 0.25) is 10.0 Å². The molecule has 0 spiro atoms. The van der Waals surface area contributed by atoms with Crippen molar-refractivity contribution in [1.82, 2.24) is 4.31 Å². The number of carbonyl (C=O) groups is 1. The van der Waals surface area contributed by atoms with Gasteiger partial charge >= 0.3 is 6.09 Å². The molecule has 0 fully saturated rings. The van der Waals surface area contributed by atoms with Gasteiger partial charge in [0, 0.05) is 25.3 Å². The predicted octanol–water partition coefficient (Wildman–Crippen LogP) is 4.94. The summed E-state index contributed by atoms with van der Waals surface area (Å²) >= 11 is 0. The number of para-hydroxylation sites is 1. The SMILES string of the molecule is Cc1ccc(S(=O)(=O)N2CCc3ccc(OC(=O)N(C)c4ccccc4)cc3C2C)cc1. The minimum absolute atomic E-state index is 0.283. The molecule has 166 valence electrons. The Labute approximate surface area is 189 Å². The molecular formula is C25H26N2O4S. The Bertz CT molecular complexity index is 1220. The monoisotopic (exact) mass is 450 g/mol. The van der Waals surface area contributed by atoms with Gasteiger partial charge in [0.1, 0.15) is 5.75 Å². The molecule has 0 saturated carbocycles. The van der Waals surface area contributed by atoms with Crippen LogP contribution < -0.4 is 9.64 Å².